The second-order valence-corrected chi connectivity index (χ2v) is 23.9. The predicted molar refractivity (Wildman–Crippen MR) is 346 cm³/mol. The number of hydrogen-bond acceptors (Lipinski definition) is 14. The van der Waals surface area contributed by atoms with Gasteiger partial charge in [0, 0.05) is 67.9 Å². The molecule has 0 aliphatic carbocycles. The first kappa shape index (κ1) is 58.9. The van der Waals surface area contributed by atoms with E-state index in [0.717, 1.165) is 62.6 Å². The van der Waals surface area contributed by atoms with Crippen LogP contribution >= 0.6 is 0 Å². The fourth-order valence-electron chi connectivity index (χ4n) is 8.46. The minimum Gasteiger partial charge on any atom is -0.480 e. The molecule has 0 aromatic heterocycles. The average molecular weight is 1240 g/mol. The first-order chi connectivity index (χ1) is 48.8. The number of amides is 2. The van der Waals surface area contributed by atoms with E-state index in [1.165, 1.54) is 52.9 Å². The van der Waals surface area contributed by atoms with Gasteiger partial charge < -0.3 is 43.4 Å². The zero-order valence-corrected chi connectivity index (χ0v) is 51.2. The van der Waals surface area contributed by atoms with Crippen LogP contribution in [-0.2, 0) is 78.4 Å². The number of alkyl halides is 2. The van der Waals surface area contributed by atoms with Crippen molar-refractivity contribution in [3.8, 4) is 0 Å². The van der Waals surface area contributed by atoms with Gasteiger partial charge in [0.1, 0.15) is 47.8 Å². The van der Waals surface area contributed by atoms with Gasteiger partial charge in [-0.25, -0.2) is 37.5 Å². The topological polar surface area (TPSA) is 214 Å². The number of aliphatic hydroxyl groups is 1. The van der Waals surface area contributed by atoms with E-state index >= 15 is 0 Å². The Balaban J connectivity index is -0.000000213. The van der Waals surface area contributed by atoms with Gasteiger partial charge in [0.15, 0.2) is 6.10 Å². The molecule has 2 aliphatic rings. The van der Waals surface area contributed by atoms with Crippen molar-refractivity contribution in [1.29, 1.82) is 0 Å². The van der Waals surface area contributed by atoms with Crippen molar-refractivity contribution in [2.75, 3.05) is 40.5 Å². The summed E-state index contributed by atoms with van der Waals surface area (Å²) in [6.07, 6.45) is 1.40. The smallest absolute Gasteiger partial charge is 0.410 e. The number of rotatable bonds is 21. The second kappa shape index (κ2) is 34.0. The van der Waals surface area contributed by atoms with Crippen LogP contribution in [0.5, 0.6) is 0 Å². The third-order valence-electron chi connectivity index (χ3n) is 12.9. The number of carboxylic acids is 1. The Morgan fingerprint density at radius 2 is 0.942 bits per heavy atom. The highest BCUT2D eigenvalue weighted by molar-refractivity contribution is 5.85. The van der Waals surface area contributed by atoms with E-state index in [4.69, 9.17) is 65.0 Å². The van der Waals surface area contributed by atoms with Crippen LogP contribution in [0.2, 0.25) is 0 Å². The van der Waals surface area contributed by atoms with Gasteiger partial charge in [0.05, 0.1) is 26.4 Å². The number of nitrogens with zero attached hydrogens (tertiary/aromatic N) is 2. The van der Waals surface area contributed by atoms with E-state index < -0.39 is 82.9 Å². The van der Waals surface area contributed by atoms with E-state index in [-0.39, 0.29) is 47.8 Å². The average Bonchev–Trinajstić information content (AvgIpc) is 0.843. The van der Waals surface area contributed by atoms with Crippen LogP contribution in [0.1, 0.15) is 164 Å². The van der Waals surface area contributed by atoms with Gasteiger partial charge in [-0.15, -0.1) is 0 Å². The summed E-state index contributed by atoms with van der Waals surface area (Å²) < 4.78 is 156. The molecule has 86 heavy (non-hydrogen) atoms. The lowest BCUT2D eigenvalue weighted by Crippen LogP contribution is -2.49. The summed E-state index contributed by atoms with van der Waals surface area (Å²) in [7, 11) is 2.64. The molecule has 492 valence electrons. The first-order valence-corrected chi connectivity index (χ1v) is 28.3. The van der Waals surface area contributed by atoms with Crippen molar-refractivity contribution in [2.24, 2.45) is 0 Å². The molecule has 2 heterocycles. The van der Waals surface area contributed by atoms with Crippen LogP contribution in [0.15, 0.2) is 121 Å². The molecule has 0 bridgehead atoms. The van der Waals surface area contributed by atoms with Crippen molar-refractivity contribution >= 4 is 47.2 Å². The van der Waals surface area contributed by atoms with Crippen LogP contribution in [0, 0.1) is 0 Å². The highest BCUT2D eigenvalue weighted by Crippen LogP contribution is 2.27. The molecule has 2 N–H and O–H groups in total. The number of esters is 3. The van der Waals surface area contributed by atoms with Crippen LogP contribution in [-0.4, -0.2) is 143 Å². The van der Waals surface area contributed by atoms with Crippen LogP contribution < -0.4 is 0 Å². The number of benzene rings is 4. The number of carboxylic acid groups (broad SMARTS) is 1. The van der Waals surface area contributed by atoms with Crippen LogP contribution in [0.4, 0.5) is 18.4 Å². The predicted octanol–water partition coefficient (Wildman–Crippen LogP) is 14.7. The Kier molecular flexibility index (Phi) is 23.3. The lowest BCUT2D eigenvalue weighted by Gasteiger charge is -2.32. The summed E-state index contributed by atoms with van der Waals surface area (Å²) in [5, 5.41) is 19.1. The molecule has 4 aromatic carbocycles. The number of aliphatic carboxylic acids is 1. The first-order valence-electron chi connectivity index (χ1n) is 37.3. The summed E-state index contributed by atoms with van der Waals surface area (Å²) in [6, 6.07) is 31.5. The number of hydrogen-bond donors (Lipinski definition) is 2. The maximum Gasteiger partial charge on any atom is 0.410 e. The normalized spacial score (nSPS) is 15.6. The highest BCUT2D eigenvalue weighted by atomic mass is 19.1. The molecule has 4 aromatic rings. The minimum atomic E-state index is -1.82. The van der Waals surface area contributed by atoms with E-state index in [1.54, 1.807) is 41.5 Å². The minimum absolute atomic E-state index is 0. The van der Waals surface area contributed by atoms with Gasteiger partial charge in [-0.05, 0) is 127 Å². The largest absolute Gasteiger partial charge is 0.480 e. The Labute approximate surface area is 535 Å². The summed E-state index contributed by atoms with van der Waals surface area (Å²) in [6.45, 7) is 18.0. The molecule has 4 atom stereocenters. The summed E-state index contributed by atoms with van der Waals surface area (Å²) >= 11 is 0. The molecule has 0 saturated carbocycles. The number of carbonyl (C=O) groups excluding carboxylic acids is 5. The van der Waals surface area contributed by atoms with Crippen molar-refractivity contribution in [1.82, 2.24) is 9.80 Å². The molecule has 2 amide bonds. The van der Waals surface area contributed by atoms with E-state index in [0.29, 0.717) is 19.8 Å². The van der Waals surface area contributed by atoms with Gasteiger partial charge in [0.2, 0.25) is 6.10 Å². The van der Waals surface area contributed by atoms with Gasteiger partial charge >= 0.3 is 36.1 Å². The molecule has 19 heteroatoms. The summed E-state index contributed by atoms with van der Waals surface area (Å²) in [5.41, 5.74) is 2.92. The molecular formula is C67H110F2N2O15. The molecule has 0 saturated heterocycles. The number of halogens is 2. The zero-order valence-electron chi connectivity index (χ0n) is 69.2. The maximum absolute atomic E-state index is 14.8. The van der Waals surface area contributed by atoms with Gasteiger partial charge in [-0.2, -0.15) is 0 Å². The van der Waals surface area contributed by atoms with Gasteiger partial charge in [0.25, 0.3) is 0 Å². The molecule has 0 radical (unpaired) electrons. The molecular weight excluding hydrogens is 1110 g/mol. The Hall–Kier alpha value is -7.48. The lowest BCUT2D eigenvalue weighted by molar-refractivity contribution is -0.172. The van der Waals surface area contributed by atoms with Crippen LogP contribution in [0.3, 0.4) is 0 Å². The fraction of sp³-hybridized carbons (Fsp3) is 0.493. The second-order valence-electron chi connectivity index (χ2n) is 23.9. The van der Waals surface area contributed by atoms with E-state index in [2.05, 4.69) is 6.08 Å². The monoisotopic (exact) mass is 1240 g/mol. The number of likely N-dealkylation sites (N-methyl/N-ethyl adjacent to an activating group) is 2. The summed E-state index contributed by atoms with van der Waals surface area (Å²) in [4.78, 5) is 76.2. The third-order valence-corrected chi connectivity index (χ3v) is 12.9. The quantitative estimate of drug-likeness (QED) is 0.0586. The molecule has 17 nitrogen and oxygen atoms in total. The maximum atomic E-state index is 14.8. The number of aliphatic hydroxyl groups excluding tert-OH is 1. The standard InChI is InChI=1S/C33H42FNO7.C21H22O4.C12H22FNO4.CH4.10H2/c1-32(2,3)42-31(38)35(6)27(21-33(4,5)34)29(36)41-28(30(37)40-22-24-10-8-7-9-11-24)20-23-12-14-25(15-13-23)26-16-18-39-19-17-26;22-20(21(23)25-15-17-4-2-1-3-5-17)14-16-6-8-18(9-7-16)19-10-12-24-13-11-19;1-11(2,3)18-10(17)14(6)8(9(15)16)7-12(4,5)13;;;;;;;;;;;/h7-16,27-28H,17-22H2,1-6H3;1-10,20,22H,11-15H2;8H,7H2,1-6H3,(H,15,16);1H4;10*1H/t27-,28+;20-;8-;;;;;;;;;;;/m010.........../s1/i;;;;9*1+1D;1+1. The van der Waals surface area contributed by atoms with Crippen molar-refractivity contribution in [2.45, 2.75) is 175 Å². The van der Waals surface area contributed by atoms with Crippen molar-refractivity contribution in [3.63, 3.8) is 0 Å². The molecule has 6 rings (SSSR count). The zero-order chi connectivity index (χ0) is 81.1. The van der Waals surface area contributed by atoms with E-state index in [9.17, 15) is 42.7 Å². The number of ether oxygens (including phenoxy) is 7. The number of carbonyl (C=O) groups is 6. The van der Waals surface area contributed by atoms with Gasteiger partial charge in [-0.3, -0.25) is 9.80 Å². The van der Waals surface area contributed by atoms with Crippen LogP contribution in [0.25, 0.3) is 11.1 Å². The molecule has 0 spiro atoms. The third kappa shape index (κ3) is 27.3. The van der Waals surface area contributed by atoms with Crippen molar-refractivity contribution < 1.29 is 109 Å². The van der Waals surface area contributed by atoms with Gasteiger partial charge in [-0.1, -0.05) is 129 Å². The Bertz CT molecular complexity index is 2910. The SMILES string of the molecule is C.CN(C(=O)OC(C)(C)C)[C@@H](CC(C)(C)F)C(=O)O.CN(C(=O)OC(C)(C)C)[C@@H](CC(C)(C)F)C(=O)O[C@H](Cc1ccc(C2=CCOCC2)cc1)C(=O)OCc1ccccc1.O=C(OCc1ccccc1)[C@H](O)Cc1ccc(C2=CCOCC2)cc1.[2HH].[2H][2H].[2H][2H].[2H][2H].[2H][2H].[2H][2H].[2H][2H].[2H][2H].[2H][2H].[2H][2H]. The fourth-order valence-corrected chi connectivity index (χ4v) is 8.46. The lowest BCUT2D eigenvalue weighted by atomic mass is 9.98. The Morgan fingerprint density at radius 1 is 0.558 bits per heavy atom. The molecule has 0 fully saturated rings. The highest BCUT2D eigenvalue weighted by Gasteiger charge is 2.39. The van der Waals surface area contributed by atoms with Crippen molar-refractivity contribution in [3.05, 3.63) is 155 Å². The molecule has 2 aliphatic heterocycles. The molecule has 0 unspecified atom stereocenters. The van der Waals surface area contributed by atoms with E-state index in [1.807, 2.05) is 115 Å². The Morgan fingerprint density at radius 3 is 1.31 bits per heavy atom. The summed E-state index contributed by atoms with van der Waals surface area (Å²) in [5.74, 6) is -3.53.